The molecule has 1 fully saturated rings. The molecular weight excluding hydrogens is 527 g/mol. The maximum absolute atomic E-state index is 13.6. The van der Waals surface area contributed by atoms with Crippen LogP contribution >= 0.6 is 15.9 Å². The Hall–Kier alpha value is -3.46. The Morgan fingerprint density at radius 2 is 1.78 bits per heavy atom. The molecule has 0 bridgehead atoms. The van der Waals surface area contributed by atoms with E-state index in [-0.39, 0.29) is 39.5 Å². The first kappa shape index (κ1) is 24.2. The van der Waals surface area contributed by atoms with E-state index in [2.05, 4.69) is 45.1 Å². The number of imide groups is 1. The molecule has 1 aliphatic carbocycles. The van der Waals surface area contributed by atoms with Crippen LogP contribution in [0.5, 0.6) is 0 Å². The number of hydrogen-bond acceptors (Lipinski definition) is 5. The van der Waals surface area contributed by atoms with Gasteiger partial charge in [0.15, 0.2) is 5.82 Å². The molecule has 3 aromatic rings. The number of amides is 3. The van der Waals surface area contributed by atoms with Gasteiger partial charge in [-0.05, 0) is 82.4 Å². The number of benzene rings is 1. The Morgan fingerprint density at radius 1 is 1.08 bits per heavy atom. The summed E-state index contributed by atoms with van der Waals surface area (Å²) in [5.41, 5.74) is 2.18. The average molecular weight is 551 g/mol. The third-order valence-electron chi connectivity index (χ3n) is 6.91. The third kappa shape index (κ3) is 4.43. The first-order chi connectivity index (χ1) is 17.1. The average Bonchev–Trinajstić information content (AvgIpc) is 3.10. The summed E-state index contributed by atoms with van der Waals surface area (Å²) >= 11 is 3.01. The molecule has 1 aromatic carbocycles. The van der Waals surface area contributed by atoms with E-state index >= 15 is 0 Å². The number of nitrogens with one attached hydrogen (secondary N) is 1. The highest BCUT2D eigenvalue weighted by molar-refractivity contribution is 9.10. The van der Waals surface area contributed by atoms with Gasteiger partial charge in [0.25, 0.3) is 17.7 Å². The highest BCUT2D eigenvalue weighted by Crippen LogP contribution is 2.47. The van der Waals surface area contributed by atoms with Crippen molar-refractivity contribution in [3.05, 3.63) is 87.7 Å². The lowest BCUT2D eigenvalue weighted by molar-refractivity contribution is 0.0448. The van der Waals surface area contributed by atoms with Gasteiger partial charge >= 0.3 is 0 Å². The molecule has 0 radical (unpaired) electrons. The molecule has 5 rings (SSSR count). The van der Waals surface area contributed by atoms with Crippen molar-refractivity contribution in [2.45, 2.75) is 45.1 Å². The van der Waals surface area contributed by atoms with Crippen LogP contribution in [0.25, 0.3) is 0 Å². The van der Waals surface area contributed by atoms with Crippen LogP contribution in [0.1, 0.15) is 75.8 Å². The lowest BCUT2D eigenvalue weighted by Crippen LogP contribution is -2.46. The van der Waals surface area contributed by atoms with Crippen LogP contribution in [0.4, 0.5) is 10.1 Å². The van der Waals surface area contributed by atoms with Crippen LogP contribution in [0, 0.1) is 11.2 Å². The minimum Gasteiger partial charge on any atom is -0.319 e. The van der Waals surface area contributed by atoms with Crippen molar-refractivity contribution >= 4 is 39.3 Å². The Balaban J connectivity index is 1.43. The molecule has 0 saturated heterocycles. The number of carbonyl (C=O) groups is 3. The Bertz CT molecular complexity index is 1360. The normalized spacial score (nSPS) is 20.8. The minimum absolute atomic E-state index is 0.0331. The van der Waals surface area contributed by atoms with E-state index in [1.165, 1.54) is 17.0 Å². The number of pyridine rings is 2. The van der Waals surface area contributed by atoms with Crippen LogP contribution in [0.3, 0.4) is 0 Å². The molecule has 3 amide bonds. The predicted octanol–water partition coefficient (Wildman–Crippen LogP) is 5.59. The molecule has 2 aliphatic rings. The van der Waals surface area contributed by atoms with Crippen molar-refractivity contribution < 1.29 is 18.8 Å². The fourth-order valence-electron chi connectivity index (χ4n) is 5.45. The number of hydrogen-bond donors (Lipinski definition) is 1. The molecule has 184 valence electrons. The Kier molecular flexibility index (Phi) is 6.20. The number of carbonyl (C=O) groups excluding carboxylic acids is 3. The second-order valence-corrected chi connectivity index (χ2v) is 10.8. The number of rotatable bonds is 4. The topological polar surface area (TPSA) is 92.3 Å². The molecule has 36 heavy (non-hydrogen) atoms. The van der Waals surface area contributed by atoms with Gasteiger partial charge in [0.05, 0.1) is 23.0 Å². The number of halogens is 2. The van der Waals surface area contributed by atoms with Crippen LogP contribution in [0.2, 0.25) is 0 Å². The standard InChI is InChI=1S/C27H24BrFN4O3/c1-27(2)12-15(11-16(13-27)33-25(35)18-5-3-4-6-19(18)26(33)36)17-9-10-30-14-22(17)32-24(34)21-8-7-20(29)23(28)31-21/h3-10,14-16H,11-13H2,1-2H3,(H,32,34)/t15-,16?/m0/s1. The van der Waals surface area contributed by atoms with Gasteiger partial charge in [0, 0.05) is 12.2 Å². The fraction of sp³-hybridized carbons (Fsp3) is 0.296. The van der Waals surface area contributed by atoms with E-state index in [0.29, 0.717) is 29.7 Å². The zero-order valence-corrected chi connectivity index (χ0v) is 21.4. The van der Waals surface area contributed by atoms with E-state index in [1.807, 2.05) is 6.07 Å². The Labute approximate surface area is 216 Å². The molecule has 2 aromatic heterocycles. The highest BCUT2D eigenvalue weighted by atomic mass is 79.9. The zero-order valence-electron chi connectivity index (χ0n) is 19.8. The molecule has 1 unspecified atom stereocenters. The summed E-state index contributed by atoms with van der Waals surface area (Å²) in [5.74, 6) is -1.59. The smallest absolute Gasteiger partial charge is 0.274 e. The van der Waals surface area contributed by atoms with E-state index in [0.717, 1.165) is 12.0 Å². The summed E-state index contributed by atoms with van der Waals surface area (Å²) in [6, 6.07) is 11.0. The van der Waals surface area contributed by atoms with Crippen LogP contribution < -0.4 is 5.32 Å². The number of aromatic nitrogens is 2. The van der Waals surface area contributed by atoms with Crippen molar-refractivity contribution in [2.24, 2.45) is 5.41 Å². The van der Waals surface area contributed by atoms with Gasteiger partial charge in [-0.3, -0.25) is 24.3 Å². The van der Waals surface area contributed by atoms with Crippen molar-refractivity contribution in [3.8, 4) is 0 Å². The minimum atomic E-state index is -0.558. The fourth-order valence-corrected chi connectivity index (χ4v) is 5.78. The van der Waals surface area contributed by atoms with E-state index in [4.69, 9.17) is 0 Å². The summed E-state index contributed by atoms with van der Waals surface area (Å²) in [5, 5.41) is 2.86. The largest absolute Gasteiger partial charge is 0.319 e. The molecule has 0 spiro atoms. The number of fused-ring (bicyclic) bond motifs is 1. The Morgan fingerprint density at radius 3 is 2.44 bits per heavy atom. The molecule has 1 saturated carbocycles. The van der Waals surface area contributed by atoms with Crippen molar-refractivity contribution in [2.75, 3.05) is 5.32 Å². The van der Waals surface area contributed by atoms with Gasteiger partial charge in [-0.1, -0.05) is 26.0 Å². The molecule has 9 heteroatoms. The second-order valence-electron chi connectivity index (χ2n) is 10.1. The van der Waals surface area contributed by atoms with Gasteiger partial charge in [0.2, 0.25) is 0 Å². The molecule has 2 atom stereocenters. The summed E-state index contributed by atoms with van der Waals surface area (Å²) in [6.45, 7) is 4.26. The van der Waals surface area contributed by atoms with Crippen LogP contribution in [-0.2, 0) is 0 Å². The lowest BCUT2D eigenvalue weighted by atomic mass is 9.67. The predicted molar refractivity (Wildman–Crippen MR) is 135 cm³/mol. The lowest BCUT2D eigenvalue weighted by Gasteiger charge is -2.43. The number of nitrogens with zero attached hydrogens (tertiary/aromatic N) is 3. The third-order valence-corrected chi connectivity index (χ3v) is 7.47. The highest BCUT2D eigenvalue weighted by Gasteiger charge is 2.45. The van der Waals surface area contributed by atoms with E-state index < -0.39 is 11.7 Å². The van der Waals surface area contributed by atoms with Crippen molar-refractivity contribution in [1.82, 2.24) is 14.9 Å². The maximum Gasteiger partial charge on any atom is 0.274 e. The zero-order chi connectivity index (χ0) is 25.6. The van der Waals surface area contributed by atoms with Crippen molar-refractivity contribution in [3.63, 3.8) is 0 Å². The second kappa shape index (κ2) is 9.20. The van der Waals surface area contributed by atoms with Crippen molar-refractivity contribution in [1.29, 1.82) is 0 Å². The van der Waals surface area contributed by atoms with Gasteiger partial charge in [-0.2, -0.15) is 0 Å². The summed E-state index contributed by atoms with van der Waals surface area (Å²) in [6.07, 6.45) is 5.30. The molecule has 1 aliphatic heterocycles. The molecule has 3 heterocycles. The first-order valence-electron chi connectivity index (χ1n) is 11.7. The first-order valence-corrected chi connectivity index (χ1v) is 12.5. The maximum atomic E-state index is 13.6. The van der Waals surface area contributed by atoms with Crippen LogP contribution in [-0.4, -0.2) is 38.6 Å². The van der Waals surface area contributed by atoms with E-state index in [9.17, 15) is 18.8 Å². The van der Waals surface area contributed by atoms with Gasteiger partial charge in [0.1, 0.15) is 10.3 Å². The molecule has 1 N–H and O–H groups in total. The number of anilines is 1. The quantitative estimate of drug-likeness (QED) is 0.337. The summed E-state index contributed by atoms with van der Waals surface area (Å²) < 4.78 is 13.5. The van der Waals surface area contributed by atoms with Gasteiger partial charge in [-0.15, -0.1) is 0 Å². The van der Waals surface area contributed by atoms with Gasteiger partial charge < -0.3 is 5.32 Å². The molecule has 7 nitrogen and oxygen atoms in total. The SMILES string of the molecule is CC1(C)CC(N2C(=O)c3ccccc3C2=O)C[C@H](c2ccncc2NC(=O)c2ccc(F)c(Br)n2)C1. The summed E-state index contributed by atoms with van der Waals surface area (Å²) in [7, 11) is 0. The monoisotopic (exact) mass is 550 g/mol. The van der Waals surface area contributed by atoms with E-state index in [1.54, 1.807) is 36.7 Å². The molecular formula is C27H24BrFN4O3. The van der Waals surface area contributed by atoms with Gasteiger partial charge in [-0.25, -0.2) is 9.37 Å². The summed E-state index contributed by atoms with van der Waals surface area (Å²) in [4.78, 5) is 48.8. The van der Waals surface area contributed by atoms with Crippen LogP contribution in [0.15, 0.2) is 59.5 Å².